The van der Waals surface area contributed by atoms with Crippen molar-refractivity contribution in [2.75, 3.05) is 31.6 Å². The molecule has 1 aliphatic rings. The largest absolute Gasteiger partial charge is 0.448 e. The van der Waals surface area contributed by atoms with Crippen LogP contribution in [0.3, 0.4) is 0 Å². The van der Waals surface area contributed by atoms with Crippen LogP contribution in [-0.4, -0.2) is 54.4 Å². The Bertz CT molecular complexity index is 774. The fourth-order valence-electron chi connectivity index (χ4n) is 2.91. The molecule has 0 radical (unpaired) electrons. The van der Waals surface area contributed by atoms with E-state index in [1.807, 2.05) is 4.90 Å². The Morgan fingerprint density at radius 2 is 2.00 bits per heavy atom. The average Bonchev–Trinajstić information content (AvgIpc) is 3.07. The van der Waals surface area contributed by atoms with Gasteiger partial charge in [0, 0.05) is 39.3 Å². The first-order valence-corrected chi connectivity index (χ1v) is 7.95. The first-order chi connectivity index (χ1) is 12.0. The van der Waals surface area contributed by atoms with Gasteiger partial charge in [0.25, 0.3) is 5.91 Å². The predicted molar refractivity (Wildman–Crippen MR) is 88.7 cm³/mol. The van der Waals surface area contributed by atoms with Gasteiger partial charge in [0.05, 0.1) is 0 Å². The van der Waals surface area contributed by atoms with Gasteiger partial charge >= 0.3 is 0 Å². The van der Waals surface area contributed by atoms with E-state index in [-0.39, 0.29) is 23.3 Å². The Balaban J connectivity index is 1.82. The number of nitrogens with zero attached hydrogens (tertiary/aromatic N) is 3. The number of amides is 2. The van der Waals surface area contributed by atoms with E-state index >= 15 is 0 Å². The van der Waals surface area contributed by atoms with Gasteiger partial charge in [-0.15, -0.1) is 0 Å². The molecule has 1 aromatic heterocycles. The van der Waals surface area contributed by atoms with E-state index in [4.69, 9.17) is 4.42 Å². The molecule has 1 unspecified atom stereocenters. The molecule has 8 heteroatoms. The van der Waals surface area contributed by atoms with Crippen molar-refractivity contribution in [3.63, 3.8) is 0 Å². The predicted octanol–water partition coefficient (Wildman–Crippen LogP) is 1.20. The molecule has 1 saturated heterocycles. The summed E-state index contributed by atoms with van der Waals surface area (Å²) in [4.78, 5) is 32.5. The number of halogens is 1. The van der Waals surface area contributed by atoms with Crippen molar-refractivity contribution in [1.29, 1.82) is 0 Å². The number of carbonyl (C=O) groups is 2. The van der Waals surface area contributed by atoms with Gasteiger partial charge in [0.2, 0.25) is 5.91 Å². The van der Waals surface area contributed by atoms with Crippen molar-refractivity contribution >= 4 is 17.5 Å². The smallest absolute Gasteiger partial charge is 0.276 e. The molecular formula is C17H19FN4O3. The SMILES string of the molecule is CNC(=O)C1CN(c2ccc(F)cc2)CCN1C(=O)c1coc(C)n1. The van der Waals surface area contributed by atoms with E-state index in [1.54, 1.807) is 19.1 Å². The molecule has 2 heterocycles. The lowest BCUT2D eigenvalue weighted by molar-refractivity contribution is -0.125. The number of oxazole rings is 1. The minimum Gasteiger partial charge on any atom is -0.448 e. The van der Waals surface area contributed by atoms with Crippen molar-refractivity contribution in [1.82, 2.24) is 15.2 Å². The number of piperazine rings is 1. The second kappa shape index (κ2) is 6.92. The summed E-state index contributed by atoms with van der Waals surface area (Å²) in [6.45, 7) is 2.84. The monoisotopic (exact) mass is 346 g/mol. The van der Waals surface area contributed by atoms with Crippen molar-refractivity contribution in [3.8, 4) is 0 Å². The van der Waals surface area contributed by atoms with Crippen LogP contribution in [0.25, 0.3) is 0 Å². The number of nitrogens with one attached hydrogen (secondary N) is 1. The van der Waals surface area contributed by atoms with Crippen molar-refractivity contribution in [2.24, 2.45) is 0 Å². The lowest BCUT2D eigenvalue weighted by atomic mass is 10.1. The third-order valence-electron chi connectivity index (χ3n) is 4.22. The van der Waals surface area contributed by atoms with Gasteiger partial charge in [0.1, 0.15) is 18.1 Å². The summed E-state index contributed by atoms with van der Waals surface area (Å²) in [6.07, 6.45) is 1.30. The highest BCUT2D eigenvalue weighted by Gasteiger charge is 2.36. The Morgan fingerprint density at radius 3 is 2.60 bits per heavy atom. The second-order valence-corrected chi connectivity index (χ2v) is 5.80. The molecule has 0 spiro atoms. The number of aromatic nitrogens is 1. The summed E-state index contributed by atoms with van der Waals surface area (Å²) < 4.78 is 18.2. The van der Waals surface area contributed by atoms with Gasteiger partial charge in [-0.1, -0.05) is 0 Å². The zero-order valence-electron chi connectivity index (χ0n) is 14.0. The molecule has 132 valence electrons. The van der Waals surface area contributed by atoms with Crippen molar-refractivity contribution in [3.05, 3.63) is 47.9 Å². The summed E-state index contributed by atoms with van der Waals surface area (Å²) in [5.74, 6) is -0.531. The van der Waals surface area contributed by atoms with E-state index in [9.17, 15) is 14.0 Å². The minimum atomic E-state index is -0.673. The van der Waals surface area contributed by atoms with Crippen molar-refractivity contribution in [2.45, 2.75) is 13.0 Å². The van der Waals surface area contributed by atoms with E-state index in [0.29, 0.717) is 25.5 Å². The van der Waals surface area contributed by atoms with Gasteiger partial charge in [0.15, 0.2) is 11.6 Å². The Labute approximate surface area is 144 Å². The maximum Gasteiger partial charge on any atom is 0.276 e. The van der Waals surface area contributed by atoms with Crippen LogP contribution in [0.5, 0.6) is 0 Å². The summed E-state index contributed by atoms with van der Waals surface area (Å²) in [5, 5.41) is 2.59. The van der Waals surface area contributed by atoms with Crippen LogP contribution in [0.4, 0.5) is 10.1 Å². The highest BCUT2D eigenvalue weighted by molar-refractivity contribution is 5.96. The average molecular weight is 346 g/mol. The Kier molecular flexibility index (Phi) is 4.69. The Morgan fingerprint density at radius 1 is 1.28 bits per heavy atom. The lowest BCUT2D eigenvalue weighted by Gasteiger charge is -2.41. The number of carbonyl (C=O) groups excluding carboxylic acids is 2. The van der Waals surface area contributed by atoms with Crippen LogP contribution in [0.2, 0.25) is 0 Å². The normalized spacial score (nSPS) is 17.5. The fraction of sp³-hybridized carbons (Fsp3) is 0.353. The molecule has 1 aliphatic heterocycles. The molecule has 1 N–H and O–H groups in total. The molecule has 1 atom stereocenters. The topological polar surface area (TPSA) is 78.7 Å². The summed E-state index contributed by atoms with van der Waals surface area (Å²) in [6, 6.07) is 5.40. The zero-order chi connectivity index (χ0) is 18.0. The summed E-state index contributed by atoms with van der Waals surface area (Å²) in [7, 11) is 1.53. The number of hydrogen-bond acceptors (Lipinski definition) is 5. The van der Waals surface area contributed by atoms with Crippen LogP contribution >= 0.6 is 0 Å². The van der Waals surface area contributed by atoms with Gasteiger partial charge in [-0.05, 0) is 24.3 Å². The molecular weight excluding hydrogens is 327 g/mol. The second-order valence-electron chi connectivity index (χ2n) is 5.80. The van der Waals surface area contributed by atoms with Crippen LogP contribution in [-0.2, 0) is 4.79 Å². The summed E-state index contributed by atoms with van der Waals surface area (Å²) >= 11 is 0. The van der Waals surface area contributed by atoms with Crippen LogP contribution in [0, 0.1) is 12.7 Å². The number of aryl methyl sites for hydroxylation is 1. The lowest BCUT2D eigenvalue weighted by Crippen LogP contribution is -2.60. The molecule has 2 aromatic rings. The maximum atomic E-state index is 13.1. The fourth-order valence-corrected chi connectivity index (χ4v) is 2.91. The molecule has 2 amide bonds. The molecule has 0 aliphatic carbocycles. The minimum absolute atomic E-state index is 0.182. The quantitative estimate of drug-likeness (QED) is 0.903. The molecule has 1 fully saturated rings. The number of rotatable bonds is 3. The van der Waals surface area contributed by atoms with E-state index in [1.165, 1.54) is 30.3 Å². The molecule has 0 bridgehead atoms. The summed E-state index contributed by atoms with van der Waals surface area (Å²) in [5.41, 5.74) is 0.987. The van der Waals surface area contributed by atoms with Gasteiger partial charge in [-0.3, -0.25) is 9.59 Å². The number of likely N-dealkylation sites (N-methyl/N-ethyl adjacent to an activating group) is 1. The standard InChI is InChI=1S/C17H19FN4O3/c1-11-20-14(10-25-11)17(24)22-8-7-21(9-15(22)16(23)19-2)13-5-3-12(18)4-6-13/h3-6,10,15H,7-9H2,1-2H3,(H,19,23). The molecule has 25 heavy (non-hydrogen) atoms. The molecule has 1 aromatic carbocycles. The molecule has 0 saturated carbocycles. The zero-order valence-corrected chi connectivity index (χ0v) is 14.0. The first kappa shape index (κ1) is 16.9. The van der Waals surface area contributed by atoms with Crippen molar-refractivity contribution < 1.29 is 18.4 Å². The Hall–Kier alpha value is -2.90. The molecule has 3 rings (SSSR count). The third-order valence-corrected chi connectivity index (χ3v) is 4.22. The van der Waals surface area contributed by atoms with Crippen LogP contribution < -0.4 is 10.2 Å². The van der Waals surface area contributed by atoms with Gasteiger partial charge in [-0.25, -0.2) is 9.37 Å². The maximum absolute atomic E-state index is 13.1. The number of benzene rings is 1. The van der Waals surface area contributed by atoms with E-state index in [0.717, 1.165) is 5.69 Å². The number of anilines is 1. The highest BCUT2D eigenvalue weighted by atomic mass is 19.1. The molecule has 7 nitrogen and oxygen atoms in total. The number of hydrogen-bond donors (Lipinski definition) is 1. The first-order valence-electron chi connectivity index (χ1n) is 7.95. The third kappa shape index (κ3) is 3.47. The van der Waals surface area contributed by atoms with E-state index in [2.05, 4.69) is 10.3 Å². The van der Waals surface area contributed by atoms with Gasteiger partial charge in [-0.2, -0.15) is 0 Å². The van der Waals surface area contributed by atoms with Crippen LogP contribution in [0.15, 0.2) is 34.9 Å². The van der Waals surface area contributed by atoms with E-state index < -0.39 is 6.04 Å². The van der Waals surface area contributed by atoms with Crippen LogP contribution in [0.1, 0.15) is 16.4 Å². The highest BCUT2D eigenvalue weighted by Crippen LogP contribution is 2.21. The van der Waals surface area contributed by atoms with Gasteiger partial charge < -0.3 is 19.5 Å².